The third kappa shape index (κ3) is 3.78. The van der Waals surface area contributed by atoms with Crippen molar-refractivity contribution in [2.24, 2.45) is 0 Å². The number of aromatic nitrogens is 2. The van der Waals surface area contributed by atoms with E-state index < -0.39 is 5.97 Å². The maximum Gasteiger partial charge on any atom is 0.355 e. The van der Waals surface area contributed by atoms with E-state index in [0.29, 0.717) is 15.4 Å². The smallest absolute Gasteiger partial charge is 0.355 e. The average Bonchev–Trinajstić information content (AvgIpc) is 2.37. The summed E-state index contributed by atoms with van der Waals surface area (Å²) in [6.07, 6.45) is 1.47. The molecule has 1 aromatic carbocycles. The molecule has 19 heavy (non-hydrogen) atoms. The van der Waals surface area contributed by atoms with Gasteiger partial charge < -0.3 is 5.11 Å². The number of nitrogens with zero attached hydrogens (tertiary/aromatic N) is 2. The molecule has 1 aromatic heterocycles. The molecule has 0 radical (unpaired) electrons. The quantitative estimate of drug-likeness (QED) is 0.682. The zero-order chi connectivity index (χ0) is 13.8. The Balaban J connectivity index is 2.12. The Kier molecular flexibility index (Phi) is 4.55. The van der Waals surface area contributed by atoms with E-state index in [1.165, 1.54) is 23.5 Å². The molecule has 1 N–H and O–H groups in total. The fourth-order valence-electron chi connectivity index (χ4n) is 1.52. The summed E-state index contributed by atoms with van der Waals surface area (Å²) < 4.78 is 0.389. The van der Waals surface area contributed by atoms with Crippen molar-refractivity contribution in [2.75, 3.05) is 0 Å². The van der Waals surface area contributed by atoms with Crippen molar-refractivity contribution in [3.05, 3.63) is 51.8 Å². The summed E-state index contributed by atoms with van der Waals surface area (Å²) in [5, 5.41) is 9.44. The first kappa shape index (κ1) is 14.0. The van der Waals surface area contributed by atoms with Gasteiger partial charge in [0.1, 0.15) is 0 Å². The molecule has 0 amide bonds. The van der Waals surface area contributed by atoms with Gasteiger partial charge in [-0.25, -0.2) is 14.8 Å². The summed E-state index contributed by atoms with van der Waals surface area (Å²) in [5.74, 6) is -0.353. The Morgan fingerprint density at radius 3 is 2.95 bits per heavy atom. The van der Waals surface area contributed by atoms with Gasteiger partial charge in [-0.2, -0.15) is 0 Å². The van der Waals surface area contributed by atoms with Crippen molar-refractivity contribution >= 4 is 33.7 Å². The molecule has 2 aromatic rings. The first-order valence-electron chi connectivity index (χ1n) is 5.50. The van der Waals surface area contributed by atoms with Crippen LogP contribution in [0.5, 0.6) is 0 Å². The summed E-state index contributed by atoms with van der Waals surface area (Å²) in [5.41, 5.74) is 2.34. The number of rotatable bonds is 4. The molecule has 2 rings (SSSR count). The van der Waals surface area contributed by atoms with E-state index in [1.807, 2.05) is 25.1 Å². The van der Waals surface area contributed by atoms with E-state index in [0.717, 1.165) is 5.56 Å². The van der Waals surface area contributed by atoms with Gasteiger partial charge in [-0.05, 0) is 28.4 Å². The lowest BCUT2D eigenvalue weighted by Crippen LogP contribution is -2.03. The lowest BCUT2D eigenvalue weighted by atomic mass is 10.2. The highest BCUT2D eigenvalue weighted by Crippen LogP contribution is 2.22. The van der Waals surface area contributed by atoms with Gasteiger partial charge in [-0.3, -0.25) is 0 Å². The highest BCUT2D eigenvalue weighted by Gasteiger charge is 2.12. The molecule has 0 saturated heterocycles. The van der Waals surface area contributed by atoms with Gasteiger partial charge >= 0.3 is 5.97 Å². The molecule has 0 aliphatic heterocycles. The number of halogens is 1. The van der Waals surface area contributed by atoms with Crippen LogP contribution in [-0.4, -0.2) is 21.0 Å². The third-order valence-electron chi connectivity index (χ3n) is 2.37. The topological polar surface area (TPSA) is 63.1 Å². The van der Waals surface area contributed by atoms with Crippen LogP contribution in [0.25, 0.3) is 0 Å². The summed E-state index contributed by atoms with van der Waals surface area (Å²) >= 11 is 4.54. The summed E-state index contributed by atoms with van der Waals surface area (Å²) in [6.45, 7) is 2.03. The van der Waals surface area contributed by atoms with Crippen LogP contribution in [0.4, 0.5) is 0 Å². The standard InChI is InChI=1S/C13H11BrN2O2S/c1-8-3-2-4-9(5-8)7-19-13-15-6-10(14)11(16-13)12(17)18/h2-6H,7H2,1H3,(H,17,18). The van der Waals surface area contributed by atoms with E-state index >= 15 is 0 Å². The predicted molar refractivity (Wildman–Crippen MR) is 77.4 cm³/mol. The number of carboxylic acid groups (broad SMARTS) is 1. The molecule has 0 fully saturated rings. The fraction of sp³-hybridized carbons (Fsp3) is 0.154. The average molecular weight is 339 g/mol. The molecule has 0 unspecified atom stereocenters. The van der Waals surface area contributed by atoms with Gasteiger partial charge in [0.2, 0.25) is 0 Å². The van der Waals surface area contributed by atoms with Gasteiger partial charge in [0.15, 0.2) is 10.9 Å². The Labute approximate surface area is 123 Å². The van der Waals surface area contributed by atoms with Crippen LogP contribution in [0.15, 0.2) is 40.1 Å². The maximum absolute atomic E-state index is 11.0. The number of hydrogen-bond acceptors (Lipinski definition) is 4. The Bertz CT molecular complexity index is 619. The van der Waals surface area contributed by atoms with Crippen LogP contribution >= 0.6 is 27.7 Å². The second-order valence-electron chi connectivity index (χ2n) is 3.93. The summed E-state index contributed by atoms with van der Waals surface area (Å²) in [4.78, 5) is 19.1. The normalized spacial score (nSPS) is 10.4. The Morgan fingerprint density at radius 2 is 2.26 bits per heavy atom. The lowest BCUT2D eigenvalue weighted by Gasteiger charge is -2.03. The monoisotopic (exact) mass is 338 g/mol. The summed E-state index contributed by atoms with van der Waals surface area (Å²) in [7, 11) is 0. The largest absolute Gasteiger partial charge is 0.476 e. The minimum absolute atomic E-state index is 0.0123. The molecular weight excluding hydrogens is 328 g/mol. The van der Waals surface area contributed by atoms with Gasteiger partial charge in [-0.15, -0.1) is 0 Å². The van der Waals surface area contributed by atoms with Crippen molar-refractivity contribution in [3.8, 4) is 0 Å². The number of carbonyl (C=O) groups is 1. The second kappa shape index (κ2) is 6.16. The molecular formula is C13H11BrN2O2S. The number of benzene rings is 1. The fourth-order valence-corrected chi connectivity index (χ4v) is 2.64. The highest BCUT2D eigenvalue weighted by molar-refractivity contribution is 9.10. The molecule has 6 heteroatoms. The van der Waals surface area contributed by atoms with E-state index in [2.05, 4.69) is 32.0 Å². The first-order valence-corrected chi connectivity index (χ1v) is 7.28. The van der Waals surface area contributed by atoms with Crippen LogP contribution in [0.1, 0.15) is 21.6 Å². The van der Waals surface area contributed by atoms with Gasteiger partial charge in [0, 0.05) is 11.9 Å². The van der Waals surface area contributed by atoms with Gasteiger partial charge in [0.25, 0.3) is 0 Å². The second-order valence-corrected chi connectivity index (χ2v) is 5.73. The molecule has 0 bridgehead atoms. The van der Waals surface area contributed by atoms with Crippen molar-refractivity contribution in [3.63, 3.8) is 0 Å². The molecule has 0 spiro atoms. The maximum atomic E-state index is 11.0. The van der Waals surface area contributed by atoms with Crippen LogP contribution in [0, 0.1) is 6.92 Å². The van der Waals surface area contributed by atoms with E-state index in [4.69, 9.17) is 5.11 Å². The molecule has 4 nitrogen and oxygen atoms in total. The number of hydrogen-bond donors (Lipinski definition) is 1. The predicted octanol–water partition coefficient (Wildman–Crippen LogP) is 3.54. The lowest BCUT2D eigenvalue weighted by molar-refractivity contribution is 0.0688. The molecule has 1 heterocycles. The number of thioether (sulfide) groups is 1. The van der Waals surface area contributed by atoms with Crippen LogP contribution in [0.3, 0.4) is 0 Å². The van der Waals surface area contributed by atoms with Gasteiger partial charge in [-0.1, -0.05) is 41.6 Å². The van der Waals surface area contributed by atoms with E-state index in [1.54, 1.807) is 0 Å². The molecule has 0 saturated carbocycles. The zero-order valence-corrected chi connectivity index (χ0v) is 12.5. The van der Waals surface area contributed by atoms with Crippen molar-refractivity contribution in [1.29, 1.82) is 0 Å². The SMILES string of the molecule is Cc1cccc(CSc2ncc(Br)c(C(=O)O)n2)c1. The third-order valence-corrected chi connectivity index (χ3v) is 3.89. The Hall–Kier alpha value is -1.40. The van der Waals surface area contributed by atoms with E-state index in [9.17, 15) is 4.79 Å². The first-order chi connectivity index (χ1) is 9.06. The molecule has 0 aliphatic rings. The van der Waals surface area contributed by atoms with Crippen LogP contribution in [0.2, 0.25) is 0 Å². The molecule has 0 aliphatic carbocycles. The van der Waals surface area contributed by atoms with Crippen LogP contribution in [-0.2, 0) is 5.75 Å². The molecule has 98 valence electrons. The van der Waals surface area contributed by atoms with Crippen LogP contribution < -0.4 is 0 Å². The van der Waals surface area contributed by atoms with E-state index in [-0.39, 0.29) is 5.69 Å². The number of carboxylic acids is 1. The van der Waals surface area contributed by atoms with Crippen molar-refractivity contribution in [1.82, 2.24) is 9.97 Å². The van der Waals surface area contributed by atoms with Crippen molar-refractivity contribution < 1.29 is 9.90 Å². The minimum Gasteiger partial charge on any atom is -0.476 e. The highest BCUT2D eigenvalue weighted by atomic mass is 79.9. The van der Waals surface area contributed by atoms with Crippen molar-refractivity contribution in [2.45, 2.75) is 17.8 Å². The zero-order valence-electron chi connectivity index (χ0n) is 10.1. The summed E-state index contributed by atoms with van der Waals surface area (Å²) in [6, 6.07) is 8.14. The Morgan fingerprint density at radius 1 is 1.47 bits per heavy atom. The van der Waals surface area contributed by atoms with Gasteiger partial charge in [0.05, 0.1) is 4.47 Å². The molecule has 0 atom stereocenters. The minimum atomic E-state index is -1.06. The number of aromatic carboxylic acids is 1. The number of aryl methyl sites for hydroxylation is 1.